The quantitative estimate of drug-likeness (QED) is 0.0403. The number of Topliss-reactive ketones (excluding diaryl/α,β-unsaturated/α-hetero) is 4. The summed E-state index contributed by atoms with van der Waals surface area (Å²) < 4.78 is 20.0. The van der Waals surface area contributed by atoms with Crippen molar-refractivity contribution in [2.24, 2.45) is 64.9 Å². The Balaban J connectivity index is 1.51. The molecule has 0 radical (unpaired) electrons. The molecule has 3 unspecified atom stereocenters. The molecule has 1 aliphatic heterocycles. The van der Waals surface area contributed by atoms with Crippen LogP contribution in [0.5, 0.6) is 0 Å². The summed E-state index contributed by atoms with van der Waals surface area (Å²) in [6.07, 6.45) is -3.14. The number of carbonyl (C=O) groups excluding carboxylic acids is 12. The fourth-order valence-electron chi connectivity index (χ4n) is 11.8. The molecule has 506 valence electrons. The summed E-state index contributed by atoms with van der Waals surface area (Å²) in [5.41, 5.74) is 4.92. The summed E-state index contributed by atoms with van der Waals surface area (Å²) in [5, 5.41) is 39.6. The second kappa shape index (κ2) is 35.7. The number of ketones is 4. The molecule has 22 nitrogen and oxygen atoms in total. The number of nitrogens with one attached hydrogen (secondary N) is 6. The number of benzene rings is 2. The zero-order chi connectivity index (χ0) is 68.2. The lowest BCUT2D eigenvalue weighted by Gasteiger charge is -2.30. The highest BCUT2D eigenvalue weighted by molar-refractivity contribution is 6.01. The molecule has 4 rings (SSSR count). The number of alkyl halides is 1. The van der Waals surface area contributed by atoms with Crippen molar-refractivity contribution >= 4 is 81.2 Å². The molecule has 2 aromatic carbocycles. The number of esters is 1. The molecule has 2 aliphatic rings. The lowest BCUT2D eigenvalue weighted by molar-refractivity contribution is -0.157. The number of rotatable bonds is 35. The van der Waals surface area contributed by atoms with Gasteiger partial charge in [0.2, 0.25) is 41.4 Å². The van der Waals surface area contributed by atoms with E-state index in [0.29, 0.717) is 38.5 Å². The second-order valence-electron chi connectivity index (χ2n) is 26.0. The Morgan fingerprint density at radius 1 is 0.692 bits per heavy atom. The average molecular weight is 1280 g/mol. The first-order valence-electron chi connectivity index (χ1n) is 32.7. The minimum Gasteiger partial charge on any atom is -0.458 e. The molecule has 1 saturated heterocycles. The van der Waals surface area contributed by atoms with Gasteiger partial charge in [0.25, 0.3) is 0 Å². The van der Waals surface area contributed by atoms with Gasteiger partial charge in [0.1, 0.15) is 23.7 Å². The summed E-state index contributed by atoms with van der Waals surface area (Å²) in [4.78, 5) is 168. The molecule has 0 bridgehead atoms. The van der Waals surface area contributed by atoms with E-state index in [4.69, 9.17) is 10.5 Å². The van der Waals surface area contributed by atoms with Crippen LogP contribution in [-0.4, -0.2) is 142 Å². The third-order valence-electron chi connectivity index (χ3n) is 19.0. The predicted molar refractivity (Wildman–Crippen MR) is 339 cm³/mol. The number of hydrogen-bond acceptors (Lipinski definition) is 15. The molecule has 1 spiro atoms. The summed E-state index contributed by atoms with van der Waals surface area (Å²) in [7, 11) is 0. The lowest BCUT2D eigenvalue weighted by atomic mass is 9.83. The zero-order valence-electron chi connectivity index (χ0n) is 55.3. The van der Waals surface area contributed by atoms with Crippen LogP contribution in [-0.2, 0) is 68.7 Å². The monoisotopic (exact) mass is 1280 g/mol. The Bertz CT molecular complexity index is 2910. The van der Waals surface area contributed by atoms with Gasteiger partial charge in [-0.05, 0) is 91.9 Å². The number of amides is 7. The van der Waals surface area contributed by atoms with E-state index in [1.807, 2.05) is 56.3 Å². The van der Waals surface area contributed by atoms with Gasteiger partial charge in [0.05, 0.1) is 49.3 Å². The van der Waals surface area contributed by atoms with E-state index in [1.165, 1.54) is 20.8 Å². The fourth-order valence-corrected chi connectivity index (χ4v) is 11.8. The topological polar surface area (TPSA) is 353 Å². The van der Waals surface area contributed by atoms with E-state index in [-0.39, 0.29) is 37.5 Å². The highest BCUT2D eigenvalue weighted by Gasteiger charge is 2.62. The first-order valence-corrected chi connectivity index (χ1v) is 32.7. The number of nitrogens with two attached hydrogens (primary N) is 1. The number of aliphatic hydroxyl groups is 2. The van der Waals surface area contributed by atoms with Gasteiger partial charge in [-0.2, -0.15) is 0 Å². The third-order valence-corrected chi connectivity index (χ3v) is 19.0. The number of halogens is 1. The highest BCUT2D eigenvalue weighted by atomic mass is 19.1. The number of carbonyl (C=O) groups is 12. The molecule has 10 N–H and O–H groups in total. The molecule has 2 aromatic rings. The van der Waals surface area contributed by atoms with Gasteiger partial charge in [-0.25, -0.2) is 9.18 Å². The van der Waals surface area contributed by atoms with Crippen molar-refractivity contribution in [3.8, 4) is 0 Å². The zero-order valence-corrected chi connectivity index (χ0v) is 55.3. The number of fused-ring (bicyclic) bond motifs is 1. The van der Waals surface area contributed by atoms with Gasteiger partial charge in [-0.1, -0.05) is 137 Å². The van der Waals surface area contributed by atoms with Crippen molar-refractivity contribution in [3.63, 3.8) is 0 Å². The molecule has 2 fully saturated rings. The number of cyclic esters (lactones) is 1. The Labute approximate surface area is 535 Å². The summed E-state index contributed by atoms with van der Waals surface area (Å²) in [5.74, 6) is -17.0. The van der Waals surface area contributed by atoms with Crippen LogP contribution in [0.3, 0.4) is 0 Å². The molecular formula is C68H102FN7O15. The van der Waals surface area contributed by atoms with Gasteiger partial charge in [-0.15, -0.1) is 0 Å². The minimum atomic E-state index is -1.62. The van der Waals surface area contributed by atoms with Gasteiger partial charge >= 0.3 is 5.97 Å². The molecule has 1 aliphatic carbocycles. The van der Waals surface area contributed by atoms with Crippen LogP contribution in [0.15, 0.2) is 42.5 Å². The first-order chi connectivity index (χ1) is 42.9. The smallest absolute Gasteiger partial charge is 0.329 e. The van der Waals surface area contributed by atoms with E-state index < -0.39 is 205 Å². The van der Waals surface area contributed by atoms with Crippen LogP contribution in [0.25, 0.3) is 10.8 Å². The van der Waals surface area contributed by atoms with Crippen molar-refractivity contribution in [2.45, 2.75) is 221 Å². The third kappa shape index (κ3) is 21.3. The summed E-state index contributed by atoms with van der Waals surface area (Å²) in [6.45, 7) is 18.2. The second-order valence-corrected chi connectivity index (χ2v) is 26.0. The number of aliphatic hydroxyl groups excluding tert-OH is 2. The normalized spacial score (nSPS) is 23.6. The molecule has 1 heterocycles. The Kier molecular flexibility index (Phi) is 30.0. The highest BCUT2D eigenvalue weighted by Crippen LogP contribution is 2.48. The summed E-state index contributed by atoms with van der Waals surface area (Å²) >= 11 is 0. The van der Waals surface area contributed by atoms with E-state index in [9.17, 15) is 72.1 Å². The maximum Gasteiger partial charge on any atom is 0.329 e. The molecule has 7 amide bonds. The number of ether oxygens (including phenoxy) is 1. The van der Waals surface area contributed by atoms with Crippen LogP contribution in [0, 0.1) is 59.2 Å². The standard InChI is InChI=1S/C68H102FN7O15/c1-13-36(6)50(32-52(79)51(24-25-56(70)83)71-63(86)47(34-77)30-54(81)57(37(7)14-2)72-62(85)44(17-5)28-43-22-23-45-20-18-19-21-46(45)29-43)65(88)73-58(38(8)15-3)55(82)31-48(35-78)64(87)74-60-42(12)91-66(89)59(39(9)16-4)75-67(90)68(33-49(68)27-41(11)69)76-61(84)40(10)26-53(60)80/h18-23,29,36-42,44,47-51,57-60,77-78H,13-17,24-28,30-35H2,1-12H3,(H2,70,83)(H,71,86)(H,72,85)(H,73,88)(H,74,87)(H,75,90)(H,76,84)/t36-,37-,38-,39-,40+,41?,42-,44+,47-,48-,49?,50+,51+,57-,58-,59-,60+,68?/m0/s1. The first kappa shape index (κ1) is 76.4. The maximum atomic E-state index is 14.5. The van der Waals surface area contributed by atoms with Crippen molar-refractivity contribution in [2.75, 3.05) is 13.2 Å². The molecule has 1 saturated carbocycles. The minimum absolute atomic E-state index is 0.0476. The molecule has 18 atom stereocenters. The summed E-state index contributed by atoms with van der Waals surface area (Å²) in [6, 6.07) is 7.19. The van der Waals surface area contributed by atoms with Crippen molar-refractivity contribution in [3.05, 3.63) is 48.0 Å². The Morgan fingerprint density at radius 2 is 1.25 bits per heavy atom. The van der Waals surface area contributed by atoms with Crippen molar-refractivity contribution < 1.29 is 76.9 Å². The van der Waals surface area contributed by atoms with Gasteiger partial charge < -0.3 is 52.6 Å². The SMILES string of the molecule is CC[C@H](Cc1ccc2ccccc2c1)C(=O)N[C@H](C(=O)C[C@@H](CO)C(=O)N[C@H](CCC(N)=O)C(=O)C[C@@H](C(=O)N[C@H](C(=O)C[C@@H](CO)C(=O)N[C@H]1C(=O)C[C@@H](C)C(=O)NC2(CC2CC(C)F)C(=O)N[C@@H]([C@@H](C)CC)C(=O)O[C@H]1C)[C@@H](C)CC)[C@@H](C)CC)[C@@H](C)CC. The Hall–Kier alpha value is -7.01. The molecular weight excluding hydrogens is 1170 g/mol. The van der Waals surface area contributed by atoms with Crippen molar-refractivity contribution in [1.82, 2.24) is 31.9 Å². The van der Waals surface area contributed by atoms with E-state index >= 15 is 0 Å². The number of hydrogen-bond donors (Lipinski definition) is 9. The molecule has 0 aromatic heterocycles. The van der Waals surface area contributed by atoms with E-state index in [2.05, 4.69) is 31.9 Å². The fraction of sp³-hybridized carbons (Fsp3) is 0.676. The van der Waals surface area contributed by atoms with E-state index in [0.717, 1.165) is 16.3 Å². The van der Waals surface area contributed by atoms with E-state index in [1.54, 1.807) is 48.5 Å². The number of primary amides is 1. The largest absolute Gasteiger partial charge is 0.458 e. The molecule has 91 heavy (non-hydrogen) atoms. The van der Waals surface area contributed by atoms with Crippen LogP contribution in [0.4, 0.5) is 4.39 Å². The van der Waals surface area contributed by atoms with Gasteiger partial charge in [0, 0.05) is 49.9 Å². The predicted octanol–water partition coefficient (Wildman–Crippen LogP) is 5.16. The van der Waals surface area contributed by atoms with Crippen LogP contribution in [0.2, 0.25) is 0 Å². The van der Waals surface area contributed by atoms with Crippen LogP contribution in [0.1, 0.15) is 172 Å². The Morgan fingerprint density at radius 3 is 1.79 bits per heavy atom. The van der Waals surface area contributed by atoms with Gasteiger partial charge in [-0.3, -0.25) is 52.7 Å². The van der Waals surface area contributed by atoms with Crippen molar-refractivity contribution in [1.29, 1.82) is 0 Å². The maximum absolute atomic E-state index is 14.5. The van der Waals surface area contributed by atoms with Crippen LogP contribution >= 0.6 is 0 Å². The average Bonchev–Trinajstić information content (AvgIpc) is 1.58. The van der Waals surface area contributed by atoms with Crippen LogP contribution < -0.4 is 37.6 Å². The lowest BCUT2D eigenvalue weighted by Crippen LogP contribution is -2.57. The van der Waals surface area contributed by atoms with Gasteiger partial charge in [0.15, 0.2) is 23.1 Å². The molecule has 23 heteroatoms.